The Bertz CT molecular complexity index is 1020. The standard InChI is InChI=1S/C62H121NO5/c1-3-5-7-9-11-13-15-17-19-21-22-23-24-26-30-34-38-42-46-50-54-60(65)59(58-64)63-61(66)55-51-47-43-39-35-31-27-25-29-33-37-41-45-49-53-57-68-62(67)56-52-48-44-40-36-32-28-20-18-16-14-12-10-8-6-4-2/h50,54,59-60,64-65H,3-49,51-53,55-58H2,1-2H3,(H,63,66)/b54-50+. The number of aliphatic hydroxyl groups excluding tert-OH is 2. The number of unbranched alkanes of at least 4 members (excludes halogenated alkanes) is 47. The van der Waals surface area contributed by atoms with Gasteiger partial charge in [0.2, 0.25) is 5.91 Å². The Balaban J connectivity index is 3.44. The minimum atomic E-state index is -0.850. The number of esters is 1. The van der Waals surface area contributed by atoms with Crippen molar-refractivity contribution < 1.29 is 24.5 Å². The number of carbonyl (C=O) groups is 2. The highest BCUT2D eigenvalue weighted by molar-refractivity contribution is 5.76. The van der Waals surface area contributed by atoms with Crippen molar-refractivity contribution in [3.63, 3.8) is 0 Å². The highest BCUT2D eigenvalue weighted by atomic mass is 16.5. The van der Waals surface area contributed by atoms with E-state index in [1.807, 2.05) is 6.08 Å². The van der Waals surface area contributed by atoms with Gasteiger partial charge in [0.25, 0.3) is 0 Å². The summed E-state index contributed by atoms with van der Waals surface area (Å²) in [7, 11) is 0. The van der Waals surface area contributed by atoms with E-state index in [1.165, 1.54) is 276 Å². The van der Waals surface area contributed by atoms with Crippen LogP contribution in [0.3, 0.4) is 0 Å². The van der Waals surface area contributed by atoms with Crippen LogP contribution >= 0.6 is 0 Å². The Morgan fingerprint density at radius 3 is 1.00 bits per heavy atom. The molecular formula is C62H121NO5. The summed E-state index contributed by atoms with van der Waals surface area (Å²) in [6, 6.07) is -0.634. The average molecular weight is 961 g/mol. The summed E-state index contributed by atoms with van der Waals surface area (Å²) in [5.74, 6) is -0.0687. The molecule has 3 N–H and O–H groups in total. The number of nitrogens with one attached hydrogen (secondary N) is 1. The first-order valence-electron chi connectivity index (χ1n) is 31.0. The minimum absolute atomic E-state index is 0.00395. The van der Waals surface area contributed by atoms with Crippen LogP contribution in [0.4, 0.5) is 0 Å². The molecular weight excluding hydrogens is 839 g/mol. The molecule has 404 valence electrons. The quantitative estimate of drug-likeness (QED) is 0.0321. The van der Waals surface area contributed by atoms with E-state index in [2.05, 4.69) is 19.2 Å². The Morgan fingerprint density at radius 1 is 0.397 bits per heavy atom. The molecule has 0 aliphatic carbocycles. The molecule has 0 aliphatic rings. The number of rotatable bonds is 58. The maximum Gasteiger partial charge on any atom is 0.305 e. The zero-order valence-corrected chi connectivity index (χ0v) is 46.1. The van der Waals surface area contributed by atoms with Gasteiger partial charge in [0, 0.05) is 12.8 Å². The molecule has 0 aromatic carbocycles. The number of hydrogen-bond donors (Lipinski definition) is 3. The van der Waals surface area contributed by atoms with Gasteiger partial charge < -0.3 is 20.3 Å². The molecule has 2 unspecified atom stereocenters. The summed E-state index contributed by atoms with van der Waals surface area (Å²) in [5, 5.41) is 23.2. The van der Waals surface area contributed by atoms with Gasteiger partial charge in [0.15, 0.2) is 0 Å². The number of aliphatic hydroxyl groups is 2. The number of amides is 1. The second-order valence-electron chi connectivity index (χ2n) is 21.4. The zero-order chi connectivity index (χ0) is 49.3. The van der Waals surface area contributed by atoms with Crippen LogP contribution in [0.15, 0.2) is 12.2 Å². The van der Waals surface area contributed by atoms with Crippen molar-refractivity contribution in [2.45, 2.75) is 360 Å². The largest absolute Gasteiger partial charge is 0.466 e. The second kappa shape index (κ2) is 58.2. The normalized spacial score (nSPS) is 12.6. The van der Waals surface area contributed by atoms with Gasteiger partial charge in [-0.1, -0.05) is 315 Å². The van der Waals surface area contributed by atoms with Gasteiger partial charge in [-0.25, -0.2) is 0 Å². The number of hydrogen-bond acceptors (Lipinski definition) is 5. The lowest BCUT2D eigenvalue weighted by atomic mass is 10.0. The fraction of sp³-hybridized carbons (Fsp3) is 0.935. The monoisotopic (exact) mass is 960 g/mol. The van der Waals surface area contributed by atoms with Gasteiger partial charge in [-0.15, -0.1) is 0 Å². The van der Waals surface area contributed by atoms with Crippen LogP contribution in [0.5, 0.6) is 0 Å². The maximum atomic E-state index is 12.5. The van der Waals surface area contributed by atoms with Crippen molar-refractivity contribution in [3.8, 4) is 0 Å². The maximum absolute atomic E-state index is 12.5. The molecule has 0 aliphatic heterocycles. The molecule has 0 aromatic rings. The Morgan fingerprint density at radius 2 is 0.676 bits per heavy atom. The van der Waals surface area contributed by atoms with Crippen LogP contribution < -0.4 is 5.32 Å². The molecule has 0 spiro atoms. The molecule has 6 nitrogen and oxygen atoms in total. The van der Waals surface area contributed by atoms with Crippen molar-refractivity contribution in [2.75, 3.05) is 13.2 Å². The fourth-order valence-electron chi connectivity index (χ4n) is 9.81. The van der Waals surface area contributed by atoms with Gasteiger partial charge in [-0.3, -0.25) is 9.59 Å². The Hall–Kier alpha value is -1.40. The van der Waals surface area contributed by atoms with Gasteiger partial charge in [-0.2, -0.15) is 0 Å². The minimum Gasteiger partial charge on any atom is -0.466 e. The summed E-state index contributed by atoms with van der Waals surface area (Å²) in [6.45, 7) is 4.92. The van der Waals surface area contributed by atoms with Gasteiger partial charge in [0.05, 0.1) is 25.4 Å². The summed E-state index contributed by atoms with van der Waals surface area (Å²) in [6.07, 6.45) is 69.5. The first-order chi connectivity index (χ1) is 33.5. The lowest BCUT2D eigenvalue weighted by molar-refractivity contribution is -0.143. The second-order valence-corrected chi connectivity index (χ2v) is 21.4. The van der Waals surface area contributed by atoms with E-state index >= 15 is 0 Å². The smallest absolute Gasteiger partial charge is 0.305 e. The summed E-state index contributed by atoms with van der Waals surface area (Å²) in [5.41, 5.74) is 0. The van der Waals surface area contributed by atoms with Crippen molar-refractivity contribution >= 4 is 11.9 Å². The van der Waals surface area contributed by atoms with Crippen LogP contribution in [-0.2, 0) is 14.3 Å². The topological polar surface area (TPSA) is 95.9 Å². The summed E-state index contributed by atoms with van der Waals surface area (Å²) in [4.78, 5) is 24.6. The van der Waals surface area contributed by atoms with Crippen LogP contribution in [-0.4, -0.2) is 47.4 Å². The Labute approximate surface area is 425 Å². The van der Waals surface area contributed by atoms with Crippen molar-refractivity contribution in [3.05, 3.63) is 12.2 Å². The van der Waals surface area contributed by atoms with Crippen LogP contribution in [0.1, 0.15) is 348 Å². The number of allylic oxidation sites excluding steroid dienone is 1. The molecule has 68 heavy (non-hydrogen) atoms. The highest BCUT2D eigenvalue weighted by Crippen LogP contribution is 2.18. The Kier molecular flexibility index (Phi) is 57.0. The van der Waals surface area contributed by atoms with E-state index in [1.54, 1.807) is 6.08 Å². The lowest BCUT2D eigenvalue weighted by Gasteiger charge is -2.20. The van der Waals surface area contributed by atoms with E-state index in [4.69, 9.17) is 4.74 Å². The zero-order valence-electron chi connectivity index (χ0n) is 46.1. The molecule has 2 atom stereocenters. The van der Waals surface area contributed by atoms with E-state index in [-0.39, 0.29) is 18.5 Å². The van der Waals surface area contributed by atoms with E-state index in [0.29, 0.717) is 19.4 Å². The molecule has 0 radical (unpaired) electrons. The molecule has 0 bridgehead atoms. The van der Waals surface area contributed by atoms with Crippen LogP contribution in [0.2, 0.25) is 0 Å². The third kappa shape index (κ3) is 53.9. The van der Waals surface area contributed by atoms with Gasteiger partial charge in [0.1, 0.15) is 0 Å². The third-order valence-electron chi connectivity index (χ3n) is 14.6. The van der Waals surface area contributed by atoms with Gasteiger partial charge in [-0.05, 0) is 32.1 Å². The molecule has 6 heteroatoms. The molecule has 0 rings (SSSR count). The van der Waals surface area contributed by atoms with Gasteiger partial charge >= 0.3 is 5.97 Å². The van der Waals surface area contributed by atoms with Crippen LogP contribution in [0, 0.1) is 0 Å². The number of ether oxygens (including phenoxy) is 1. The first-order valence-corrected chi connectivity index (χ1v) is 31.0. The van der Waals surface area contributed by atoms with E-state index in [9.17, 15) is 19.8 Å². The molecule has 0 saturated carbocycles. The molecule has 0 heterocycles. The molecule has 1 amide bonds. The summed E-state index contributed by atoms with van der Waals surface area (Å²) < 4.78 is 5.49. The number of carbonyl (C=O) groups excluding carboxylic acids is 2. The molecule has 0 saturated heterocycles. The predicted molar refractivity (Wildman–Crippen MR) is 297 cm³/mol. The van der Waals surface area contributed by atoms with Crippen molar-refractivity contribution in [2.24, 2.45) is 0 Å². The predicted octanol–water partition coefficient (Wildman–Crippen LogP) is 19.2. The lowest BCUT2D eigenvalue weighted by Crippen LogP contribution is -2.45. The fourth-order valence-corrected chi connectivity index (χ4v) is 9.81. The van der Waals surface area contributed by atoms with Crippen molar-refractivity contribution in [1.82, 2.24) is 5.32 Å². The average Bonchev–Trinajstić information content (AvgIpc) is 3.34. The highest BCUT2D eigenvalue weighted by Gasteiger charge is 2.18. The van der Waals surface area contributed by atoms with Crippen LogP contribution in [0.25, 0.3) is 0 Å². The first kappa shape index (κ1) is 66.6. The third-order valence-corrected chi connectivity index (χ3v) is 14.6. The van der Waals surface area contributed by atoms with E-state index < -0.39 is 12.1 Å². The SMILES string of the molecule is CCCCCCCCCCCCCCCCCCCC/C=C/C(O)C(CO)NC(=O)CCCCCCCCCCCCCCCCCOC(=O)CCCCCCCCCCCCCCCCCC. The summed E-state index contributed by atoms with van der Waals surface area (Å²) >= 11 is 0. The molecule has 0 aromatic heterocycles. The molecule has 0 fully saturated rings. The van der Waals surface area contributed by atoms with E-state index in [0.717, 1.165) is 44.9 Å². The van der Waals surface area contributed by atoms with Crippen molar-refractivity contribution in [1.29, 1.82) is 0 Å².